The van der Waals surface area contributed by atoms with Crippen LogP contribution in [-0.4, -0.2) is 12.1 Å². The summed E-state index contributed by atoms with van der Waals surface area (Å²) in [6, 6.07) is 16.3. The van der Waals surface area contributed by atoms with E-state index in [9.17, 15) is 26.7 Å². The highest BCUT2D eigenvalue weighted by molar-refractivity contribution is 5.91. The van der Waals surface area contributed by atoms with Crippen LogP contribution in [0.5, 0.6) is 5.75 Å². The summed E-state index contributed by atoms with van der Waals surface area (Å²) in [4.78, 5) is 12.5. The summed E-state index contributed by atoms with van der Waals surface area (Å²) in [6.07, 6.45) is 2.67. The third-order valence-corrected chi connectivity index (χ3v) is 6.94. The summed E-state index contributed by atoms with van der Waals surface area (Å²) in [5.41, 5.74) is 2.33. The van der Waals surface area contributed by atoms with Crippen molar-refractivity contribution in [3.63, 3.8) is 0 Å². The van der Waals surface area contributed by atoms with E-state index in [0.29, 0.717) is 18.1 Å². The molecule has 0 heterocycles. The maximum absolute atomic E-state index is 14.1. The van der Waals surface area contributed by atoms with E-state index in [0.717, 1.165) is 23.0 Å². The van der Waals surface area contributed by atoms with Crippen molar-refractivity contribution < 1.29 is 31.5 Å². The highest BCUT2D eigenvalue weighted by atomic mass is 19.4. The maximum Gasteiger partial charge on any atom is 0.458 e. The second-order valence-electron chi connectivity index (χ2n) is 9.60. The van der Waals surface area contributed by atoms with Crippen molar-refractivity contribution in [2.45, 2.75) is 57.5 Å². The summed E-state index contributed by atoms with van der Waals surface area (Å²) in [5.74, 6) is -0.391. The molecule has 1 saturated carbocycles. The summed E-state index contributed by atoms with van der Waals surface area (Å²) in [7, 11) is 0. The van der Waals surface area contributed by atoms with Crippen LogP contribution in [-0.2, 0) is 0 Å². The Labute approximate surface area is 218 Å². The van der Waals surface area contributed by atoms with Crippen molar-refractivity contribution in [2.75, 3.05) is 0 Å². The number of ether oxygens (including phenoxy) is 1. The molecular weight excluding hydrogens is 499 g/mol. The number of benzene rings is 3. The van der Waals surface area contributed by atoms with Gasteiger partial charge in [0.25, 0.3) is 0 Å². The van der Waals surface area contributed by atoms with Gasteiger partial charge in [-0.3, -0.25) is 0 Å². The van der Waals surface area contributed by atoms with Crippen LogP contribution in [0.3, 0.4) is 0 Å². The van der Waals surface area contributed by atoms with Crippen molar-refractivity contribution in [3.05, 3.63) is 89.0 Å². The first-order valence-corrected chi connectivity index (χ1v) is 12.6. The second-order valence-corrected chi connectivity index (χ2v) is 9.60. The van der Waals surface area contributed by atoms with Crippen LogP contribution in [0, 0.1) is 29.4 Å². The zero-order valence-electron chi connectivity index (χ0n) is 20.9. The Kier molecular flexibility index (Phi) is 8.51. The average Bonchev–Trinajstić information content (AvgIpc) is 2.88. The molecule has 0 radical (unpaired) electrons. The van der Waals surface area contributed by atoms with Gasteiger partial charge in [0.1, 0.15) is 17.4 Å². The normalized spacial score (nSPS) is 17.4. The van der Waals surface area contributed by atoms with Gasteiger partial charge in [0.15, 0.2) is 0 Å². The molecule has 3 aromatic carbocycles. The van der Waals surface area contributed by atoms with Gasteiger partial charge >= 0.3 is 12.1 Å². The van der Waals surface area contributed by atoms with Crippen molar-refractivity contribution in [1.29, 1.82) is 0 Å². The topological polar surface area (TPSA) is 26.3 Å². The number of halogens is 5. The van der Waals surface area contributed by atoms with Gasteiger partial charge in [-0.25, -0.2) is 13.6 Å². The van der Waals surface area contributed by atoms with Crippen molar-refractivity contribution in [3.8, 4) is 28.7 Å². The van der Waals surface area contributed by atoms with E-state index in [1.165, 1.54) is 62.1 Å². The Balaban J connectivity index is 1.39. The van der Waals surface area contributed by atoms with E-state index in [1.807, 2.05) is 0 Å². The SMILES string of the molecule is CCCC1CCC(c2ccc(-c3ccc(C(=O)Oc4cc(F)c(C#CC(F)(F)F)c(F)c4)cc3)cc2)CC1. The number of hydrogen-bond donors (Lipinski definition) is 0. The van der Waals surface area contributed by atoms with Gasteiger partial charge in [0.05, 0.1) is 11.1 Å². The number of carbonyl (C=O) groups excluding carboxylic acids is 1. The lowest BCUT2D eigenvalue weighted by molar-refractivity contribution is -0.0696. The third-order valence-electron chi connectivity index (χ3n) is 6.94. The Bertz CT molecular complexity index is 1300. The molecule has 0 amide bonds. The minimum absolute atomic E-state index is 0.149. The van der Waals surface area contributed by atoms with E-state index >= 15 is 0 Å². The van der Waals surface area contributed by atoms with E-state index in [4.69, 9.17) is 4.74 Å². The largest absolute Gasteiger partial charge is 0.458 e. The molecule has 1 fully saturated rings. The quantitative estimate of drug-likeness (QED) is 0.139. The Morgan fingerprint density at radius 3 is 1.97 bits per heavy atom. The minimum Gasteiger partial charge on any atom is -0.423 e. The molecular formula is C31H27F5O2. The molecule has 0 unspecified atom stereocenters. The van der Waals surface area contributed by atoms with Gasteiger partial charge in [-0.05, 0) is 66.3 Å². The van der Waals surface area contributed by atoms with Crippen LogP contribution >= 0.6 is 0 Å². The number of carbonyl (C=O) groups is 1. The maximum atomic E-state index is 14.1. The molecule has 38 heavy (non-hydrogen) atoms. The molecule has 0 saturated heterocycles. The van der Waals surface area contributed by atoms with E-state index in [-0.39, 0.29) is 5.56 Å². The Hall–Kier alpha value is -3.66. The van der Waals surface area contributed by atoms with Crippen LogP contribution < -0.4 is 4.74 Å². The smallest absolute Gasteiger partial charge is 0.423 e. The lowest BCUT2D eigenvalue weighted by Gasteiger charge is -2.28. The number of rotatable bonds is 6. The van der Waals surface area contributed by atoms with E-state index in [2.05, 4.69) is 31.2 Å². The fraction of sp³-hybridized carbons (Fsp3) is 0.323. The Morgan fingerprint density at radius 2 is 1.45 bits per heavy atom. The van der Waals surface area contributed by atoms with Gasteiger partial charge in [0, 0.05) is 18.1 Å². The fourth-order valence-electron chi connectivity index (χ4n) is 4.97. The first-order chi connectivity index (χ1) is 18.1. The standard InChI is InChI=1S/C31H27F5O2/c1-2-3-20-4-6-21(7-5-20)22-8-10-23(11-9-22)24-12-14-25(15-13-24)30(37)38-26-18-28(32)27(29(33)19-26)16-17-31(34,35)36/h8-15,18-21H,2-7H2,1H3. The molecule has 0 aromatic heterocycles. The van der Waals surface area contributed by atoms with Crippen molar-refractivity contribution in [2.24, 2.45) is 5.92 Å². The lowest BCUT2D eigenvalue weighted by atomic mass is 9.77. The summed E-state index contributed by atoms with van der Waals surface area (Å²) in [6.45, 7) is 2.24. The van der Waals surface area contributed by atoms with Gasteiger partial charge in [-0.2, -0.15) is 13.2 Å². The molecule has 0 bridgehead atoms. The molecule has 198 valence electrons. The molecule has 0 spiro atoms. The zero-order chi connectivity index (χ0) is 27.3. The third kappa shape index (κ3) is 7.00. The van der Waals surface area contributed by atoms with Crippen LogP contribution in [0.15, 0.2) is 60.7 Å². The van der Waals surface area contributed by atoms with Crippen molar-refractivity contribution in [1.82, 2.24) is 0 Å². The first kappa shape index (κ1) is 27.4. The van der Waals surface area contributed by atoms with E-state index in [1.54, 1.807) is 12.1 Å². The van der Waals surface area contributed by atoms with E-state index < -0.39 is 35.1 Å². The number of esters is 1. The zero-order valence-corrected chi connectivity index (χ0v) is 20.9. The molecule has 2 nitrogen and oxygen atoms in total. The molecule has 3 aromatic rings. The van der Waals surface area contributed by atoms with Crippen LogP contribution in [0.4, 0.5) is 22.0 Å². The van der Waals surface area contributed by atoms with Gasteiger partial charge < -0.3 is 4.74 Å². The van der Waals surface area contributed by atoms with Gasteiger partial charge in [0.2, 0.25) is 0 Å². The first-order valence-electron chi connectivity index (χ1n) is 12.6. The lowest BCUT2D eigenvalue weighted by Crippen LogP contribution is -2.13. The predicted octanol–water partition coefficient (Wildman–Crippen LogP) is 8.84. The van der Waals surface area contributed by atoms with Crippen molar-refractivity contribution >= 4 is 5.97 Å². The van der Waals surface area contributed by atoms with Crippen LogP contribution in [0.1, 0.15) is 72.9 Å². The second kappa shape index (κ2) is 11.8. The highest BCUT2D eigenvalue weighted by Gasteiger charge is 2.24. The molecule has 0 aliphatic heterocycles. The average molecular weight is 527 g/mol. The van der Waals surface area contributed by atoms with Crippen LogP contribution in [0.25, 0.3) is 11.1 Å². The molecule has 7 heteroatoms. The minimum atomic E-state index is -4.90. The Morgan fingerprint density at radius 1 is 0.895 bits per heavy atom. The summed E-state index contributed by atoms with van der Waals surface area (Å²) in [5, 5.41) is 0. The van der Waals surface area contributed by atoms with Crippen LogP contribution in [0.2, 0.25) is 0 Å². The molecule has 0 atom stereocenters. The highest BCUT2D eigenvalue weighted by Crippen LogP contribution is 2.38. The van der Waals surface area contributed by atoms with Gasteiger partial charge in [-0.1, -0.05) is 62.1 Å². The molecule has 0 N–H and O–H groups in total. The molecule has 4 rings (SSSR count). The predicted molar refractivity (Wildman–Crippen MR) is 136 cm³/mol. The summed E-state index contributed by atoms with van der Waals surface area (Å²) >= 11 is 0. The molecule has 1 aliphatic carbocycles. The summed E-state index contributed by atoms with van der Waals surface area (Å²) < 4.78 is 69.8. The number of alkyl halides is 3. The fourth-order valence-corrected chi connectivity index (χ4v) is 4.97. The molecule has 1 aliphatic rings. The monoisotopic (exact) mass is 526 g/mol. The number of hydrogen-bond acceptors (Lipinski definition) is 2. The van der Waals surface area contributed by atoms with Gasteiger partial charge in [-0.15, -0.1) is 0 Å².